The summed E-state index contributed by atoms with van der Waals surface area (Å²) in [6, 6.07) is 3.89. The molecule has 3 heteroatoms. The maximum Gasteiger partial charge on any atom is 0.139 e. The Bertz CT molecular complexity index is 381. The molecule has 0 saturated heterocycles. The van der Waals surface area contributed by atoms with Crippen LogP contribution in [0.15, 0.2) is 24.5 Å². The summed E-state index contributed by atoms with van der Waals surface area (Å²) in [6.45, 7) is 2.63. The second-order valence-corrected chi connectivity index (χ2v) is 2.51. The van der Waals surface area contributed by atoms with Crippen LogP contribution in [0.2, 0.25) is 0 Å². The minimum atomic E-state index is 0.674. The van der Waals surface area contributed by atoms with Crippen molar-refractivity contribution < 1.29 is 4.74 Å². The summed E-state index contributed by atoms with van der Waals surface area (Å²) in [6.07, 6.45) is 3.60. The first-order chi connectivity index (χ1) is 5.90. The average molecular weight is 162 g/mol. The quantitative estimate of drug-likeness (QED) is 0.733. The van der Waals surface area contributed by atoms with E-state index in [1.54, 1.807) is 6.20 Å². The molecule has 0 saturated carbocycles. The molecule has 0 spiro atoms. The first kappa shape index (κ1) is 7.16. The average Bonchev–Trinajstić information content (AvgIpc) is 2.51. The number of hydrogen-bond donors (Lipinski definition) is 1. The van der Waals surface area contributed by atoms with Crippen LogP contribution in [0.25, 0.3) is 11.0 Å². The van der Waals surface area contributed by atoms with Gasteiger partial charge in [-0.25, -0.2) is 0 Å². The Morgan fingerprint density at radius 3 is 3.33 bits per heavy atom. The van der Waals surface area contributed by atoms with Crippen LogP contribution in [0.1, 0.15) is 6.92 Å². The van der Waals surface area contributed by atoms with Crippen LogP contribution < -0.4 is 4.74 Å². The van der Waals surface area contributed by atoms with Crippen LogP contribution >= 0.6 is 0 Å². The summed E-state index contributed by atoms with van der Waals surface area (Å²) in [5.74, 6) is 0.812. The molecule has 2 heterocycles. The lowest BCUT2D eigenvalue weighted by Crippen LogP contribution is -1.91. The zero-order chi connectivity index (χ0) is 8.39. The number of rotatable bonds is 2. The van der Waals surface area contributed by atoms with Crippen LogP contribution in [-0.2, 0) is 0 Å². The molecule has 0 atom stereocenters. The minimum Gasteiger partial charge on any atom is -0.492 e. The van der Waals surface area contributed by atoms with Gasteiger partial charge in [0.05, 0.1) is 23.8 Å². The van der Waals surface area contributed by atoms with Crippen molar-refractivity contribution in [3.63, 3.8) is 0 Å². The van der Waals surface area contributed by atoms with Crippen LogP contribution in [0.3, 0.4) is 0 Å². The molecule has 0 aromatic carbocycles. The van der Waals surface area contributed by atoms with E-state index >= 15 is 0 Å². The Balaban J connectivity index is 2.46. The molecule has 0 aliphatic carbocycles. The Morgan fingerprint density at radius 2 is 2.50 bits per heavy atom. The van der Waals surface area contributed by atoms with E-state index in [0.29, 0.717) is 6.61 Å². The Kier molecular flexibility index (Phi) is 1.70. The van der Waals surface area contributed by atoms with Crippen molar-refractivity contribution in [2.45, 2.75) is 6.92 Å². The van der Waals surface area contributed by atoms with E-state index in [4.69, 9.17) is 4.74 Å². The van der Waals surface area contributed by atoms with Gasteiger partial charge in [-0.05, 0) is 13.0 Å². The first-order valence-electron chi connectivity index (χ1n) is 3.96. The Hall–Kier alpha value is -1.51. The summed E-state index contributed by atoms with van der Waals surface area (Å²) in [5.41, 5.74) is 1.99. The summed E-state index contributed by atoms with van der Waals surface area (Å²) in [4.78, 5) is 7.28. The van der Waals surface area contributed by atoms with E-state index in [9.17, 15) is 0 Å². The lowest BCUT2D eigenvalue weighted by atomic mass is 10.4. The SMILES string of the molecule is CCOc1cnc2cc[nH]c2c1. The maximum atomic E-state index is 5.30. The standard InChI is InChI=1S/C9H10N2O/c1-2-12-7-5-9-8(11-6-7)3-4-10-9/h3-6,10H,2H2,1H3. The molecule has 2 aromatic rings. The zero-order valence-electron chi connectivity index (χ0n) is 6.87. The number of nitrogens with one attached hydrogen (secondary N) is 1. The van der Waals surface area contributed by atoms with E-state index in [-0.39, 0.29) is 0 Å². The molecule has 3 nitrogen and oxygen atoms in total. The van der Waals surface area contributed by atoms with E-state index in [0.717, 1.165) is 16.8 Å². The van der Waals surface area contributed by atoms with E-state index in [2.05, 4.69) is 9.97 Å². The van der Waals surface area contributed by atoms with Gasteiger partial charge in [-0.2, -0.15) is 0 Å². The molecule has 0 amide bonds. The largest absolute Gasteiger partial charge is 0.492 e. The van der Waals surface area contributed by atoms with Gasteiger partial charge in [-0.3, -0.25) is 4.98 Å². The van der Waals surface area contributed by atoms with Crippen molar-refractivity contribution in [2.75, 3.05) is 6.61 Å². The molecule has 62 valence electrons. The number of hydrogen-bond acceptors (Lipinski definition) is 2. The highest BCUT2D eigenvalue weighted by atomic mass is 16.5. The van der Waals surface area contributed by atoms with Crippen molar-refractivity contribution in [1.29, 1.82) is 0 Å². The van der Waals surface area contributed by atoms with Gasteiger partial charge in [-0.15, -0.1) is 0 Å². The summed E-state index contributed by atoms with van der Waals surface area (Å²) >= 11 is 0. The number of aromatic nitrogens is 2. The lowest BCUT2D eigenvalue weighted by Gasteiger charge is -2.00. The predicted octanol–water partition coefficient (Wildman–Crippen LogP) is 1.96. The Morgan fingerprint density at radius 1 is 1.58 bits per heavy atom. The number of H-pyrrole nitrogens is 1. The molecule has 0 unspecified atom stereocenters. The maximum absolute atomic E-state index is 5.30. The van der Waals surface area contributed by atoms with Crippen molar-refractivity contribution in [3.05, 3.63) is 24.5 Å². The summed E-state index contributed by atoms with van der Waals surface area (Å²) in [7, 11) is 0. The molecule has 0 fully saturated rings. The van der Waals surface area contributed by atoms with Gasteiger partial charge < -0.3 is 9.72 Å². The number of fused-ring (bicyclic) bond motifs is 1. The topological polar surface area (TPSA) is 37.9 Å². The van der Waals surface area contributed by atoms with Gasteiger partial charge in [0.25, 0.3) is 0 Å². The fourth-order valence-corrected chi connectivity index (χ4v) is 1.16. The molecule has 0 aliphatic heterocycles. The van der Waals surface area contributed by atoms with Crippen LogP contribution in [-0.4, -0.2) is 16.6 Å². The van der Waals surface area contributed by atoms with Crippen LogP contribution in [0, 0.1) is 0 Å². The van der Waals surface area contributed by atoms with Crippen molar-refractivity contribution in [3.8, 4) is 5.75 Å². The van der Waals surface area contributed by atoms with Gasteiger partial charge in [-0.1, -0.05) is 0 Å². The first-order valence-corrected chi connectivity index (χ1v) is 3.96. The second kappa shape index (κ2) is 2.85. The number of aromatic amines is 1. The van der Waals surface area contributed by atoms with Gasteiger partial charge in [0, 0.05) is 12.3 Å². The zero-order valence-corrected chi connectivity index (χ0v) is 6.87. The highest BCUT2D eigenvalue weighted by Crippen LogP contribution is 2.16. The third-order valence-electron chi connectivity index (χ3n) is 1.68. The van der Waals surface area contributed by atoms with E-state index in [1.807, 2.05) is 25.3 Å². The second-order valence-electron chi connectivity index (χ2n) is 2.51. The third-order valence-corrected chi connectivity index (χ3v) is 1.68. The third kappa shape index (κ3) is 1.13. The van der Waals surface area contributed by atoms with Crippen molar-refractivity contribution >= 4 is 11.0 Å². The van der Waals surface area contributed by atoms with E-state index < -0.39 is 0 Å². The molecule has 0 bridgehead atoms. The molecular weight excluding hydrogens is 152 g/mol. The van der Waals surface area contributed by atoms with Crippen molar-refractivity contribution in [2.24, 2.45) is 0 Å². The minimum absolute atomic E-state index is 0.674. The van der Waals surface area contributed by atoms with Crippen molar-refractivity contribution in [1.82, 2.24) is 9.97 Å². The normalized spacial score (nSPS) is 10.4. The van der Waals surface area contributed by atoms with Gasteiger partial charge >= 0.3 is 0 Å². The fourth-order valence-electron chi connectivity index (χ4n) is 1.16. The fraction of sp³-hybridized carbons (Fsp3) is 0.222. The summed E-state index contributed by atoms with van der Waals surface area (Å²) < 4.78 is 5.30. The number of nitrogens with zero attached hydrogens (tertiary/aromatic N) is 1. The summed E-state index contributed by atoms with van der Waals surface area (Å²) in [5, 5.41) is 0. The molecule has 12 heavy (non-hydrogen) atoms. The molecule has 0 radical (unpaired) electrons. The molecule has 0 aliphatic rings. The molecule has 1 N–H and O–H groups in total. The van der Waals surface area contributed by atoms with Gasteiger partial charge in [0.1, 0.15) is 5.75 Å². The van der Waals surface area contributed by atoms with Gasteiger partial charge in [0.15, 0.2) is 0 Å². The number of pyridine rings is 1. The smallest absolute Gasteiger partial charge is 0.139 e. The Labute approximate surface area is 70.4 Å². The molecular formula is C9H10N2O. The molecule has 2 rings (SSSR count). The van der Waals surface area contributed by atoms with Crippen LogP contribution in [0.4, 0.5) is 0 Å². The predicted molar refractivity (Wildman–Crippen MR) is 47.3 cm³/mol. The molecule has 2 aromatic heterocycles. The lowest BCUT2D eigenvalue weighted by molar-refractivity contribution is 0.339. The van der Waals surface area contributed by atoms with Crippen LogP contribution in [0.5, 0.6) is 5.75 Å². The highest BCUT2D eigenvalue weighted by Gasteiger charge is 1.97. The van der Waals surface area contributed by atoms with E-state index in [1.165, 1.54) is 0 Å². The highest BCUT2D eigenvalue weighted by molar-refractivity contribution is 5.75. The van der Waals surface area contributed by atoms with Gasteiger partial charge in [0.2, 0.25) is 0 Å². The number of ether oxygens (including phenoxy) is 1. The monoisotopic (exact) mass is 162 g/mol.